The molecule has 0 aliphatic carbocycles. The number of carbonyl (C=O) groups excluding carboxylic acids is 1. The molecule has 1 amide bonds. The SMILES string of the molecule is CN(CC(=O)N1CCNCC1)Cc1ccc(Br)cc1F. The molecule has 2 rings (SSSR count). The van der Waals surface area contributed by atoms with Crippen molar-refractivity contribution in [3.63, 3.8) is 0 Å². The number of piperazine rings is 1. The van der Waals surface area contributed by atoms with Gasteiger partial charge in [0.1, 0.15) is 5.82 Å². The zero-order chi connectivity index (χ0) is 14.5. The summed E-state index contributed by atoms with van der Waals surface area (Å²) in [5, 5.41) is 3.21. The third kappa shape index (κ3) is 4.26. The smallest absolute Gasteiger partial charge is 0.236 e. The van der Waals surface area contributed by atoms with Gasteiger partial charge in [-0.25, -0.2) is 4.39 Å². The van der Waals surface area contributed by atoms with Crippen molar-refractivity contribution in [1.29, 1.82) is 0 Å². The van der Waals surface area contributed by atoms with E-state index in [2.05, 4.69) is 21.2 Å². The van der Waals surface area contributed by atoms with E-state index in [-0.39, 0.29) is 11.7 Å². The zero-order valence-corrected chi connectivity index (χ0v) is 13.1. The summed E-state index contributed by atoms with van der Waals surface area (Å²) in [5.41, 5.74) is 0.601. The number of nitrogens with zero attached hydrogens (tertiary/aromatic N) is 2. The second-order valence-corrected chi connectivity index (χ2v) is 5.95. The summed E-state index contributed by atoms with van der Waals surface area (Å²) in [6.07, 6.45) is 0. The molecular weight excluding hydrogens is 325 g/mol. The highest BCUT2D eigenvalue weighted by Crippen LogP contribution is 2.16. The Morgan fingerprint density at radius 1 is 1.45 bits per heavy atom. The fourth-order valence-corrected chi connectivity index (χ4v) is 2.57. The lowest BCUT2D eigenvalue weighted by molar-refractivity contribution is -0.132. The van der Waals surface area contributed by atoms with Crippen molar-refractivity contribution in [1.82, 2.24) is 15.1 Å². The van der Waals surface area contributed by atoms with Crippen molar-refractivity contribution in [2.45, 2.75) is 6.54 Å². The molecule has 20 heavy (non-hydrogen) atoms. The fourth-order valence-electron chi connectivity index (χ4n) is 2.24. The molecule has 0 saturated carbocycles. The van der Waals surface area contributed by atoms with Gasteiger partial charge in [0.25, 0.3) is 0 Å². The summed E-state index contributed by atoms with van der Waals surface area (Å²) in [4.78, 5) is 15.8. The first-order valence-corrected chi connectivity index (χ1v) is 7.46. The van der Waals surface area contributed by atoms with Crippen molar-refractivity contribution in [2.75, 3.05) is 39.8 Å². The molecule has 6 heteroatoms. The van der Waals surface area contributed by atoms with Gasteiger partial charge in [0.2, 0.25) is 5.91 Å². The Balaban J connectivity index is 1.88. The van der Waals surface area contributed by atoms with Crippen molar-refractivity contribution in [3.05, 3.63) is 34.1 Å². The van der Waals surface area contributed by atoms with Crippen LogP contribution in [0.4, 0.5) is 4.39 Å². The van der Waals surface area contributed by atoms with E-state index in [4.69, 9.17) is 0 Å². The predicted octanol–water partition coefficient (Wildman–Crippen LogP) is 1.45. The van der Waals surface area contributed by atoms with Crippen LogP contribution in [-0.2, 0) is 11.3 Å². The minimum atomic E-state index is -0.249. The normalized spacial score (nSPS) is 15.7. The number of amides is 1. The van der Waals surface area contributed by atoms with Gasteiger partial charge in [0.05, 0.1) is 6.54 Å². The summed E-state index contributed by atoms with van der Waals surface area (Å²) < 4.78 is 14.5. The highest BCUT2D eigenvalue weighted by atomic mass is 79.9. The van der Waals surface area contributed by atoms with Gasteiger partial charge >= 0.3 is 0 Å². The first-order valence-electron chi connectivity index (χ1n) is 6.67. The van der Waals surface area contributed by atoms with Crippen LogP contribution in [-0.4, -0.2) is 55.5 Å². The van der Waals surface area contributed by atoms with Crippen LogP contribution in [0.1, 0.15) is 5.56 Å². The van der Waals surface area contributed by atoms with Gasteiger partial charge in [-0.2, -0.15) is 0 Å². The number of nitrogens with one attached hydrogen (secondary N) is 1. The van der Waals surface area contributed by atoms with E-state index in [1.54, 1.807) is 6.07 Å². The number of hydrogen-bond acceptors (Lipinski definition) is 3. The van der Waals surface area contributed by atoms with E-state index < -0.39 is 0 Å². The monoisotopic (exact) mass is 343 g/mol. The Bertz CT molecular complexity index is 477. The Labute approximate surface area is 127 Å². The zero-order valence-electron chi connectivity index (χ0n) is 11.5. The minimum absolute atomic E-state index is 0.103. The van der Waals surface area contributed by atoms with E-state index in [1.807, 2.05) is 22.9 Å². The molecule has 1 aliphatic rings. The molecule has 1 heterocycles. The van der Waals surface area contributed by atoms with Crippen molar-refractivity contribution >= 4 is 21.8 Å². The summed E-state index contributed by atoms with van der Waals surface area (Å²) in [6.45, 7) is 3.93. The van der Waals surface area contributed by atoms with Gasteiger partial charge in [-0.05, 0) is 19.2 Å². The minimum Gasteiger partial charge on any atom is -0.339 e. The molecule has 0 atom stereocenters. The van der Waals surface area contributed by atoms with E-state index in [1.165, 1.54) is 6.07 Å². The Kier molecular flexibility index (Phi) is 5.51. The molecule has 1 saturated heterocycles. The quantitative estimate of drug-likeness (QED) is 0.898. The van der Waals surface area contributed by atoms with Crippen molar-refractivity contribution in [2.24, 2.45) is 0 Å². The number of likely N-dealkylation sites (N-methyl/N-ethyl adjacent to an activating group) is 1. The lowest BCUT2D eigenvalue weighted by Crippen LogP contribution is -2.49. The van der Waals surface area contributed by atoms with Crippen molar-refractivity contribution in [3.8, 4) is 0 Å². The Morgan fingerprint density at radius 2 is 2.15 bits per heavy atom. The highest BCUT2D eigenvalue weighted by molar-refractivity contribution is 9.10. The first kappa shape index (κ1) is 15.4. The molecule has 1 fully saturated rings. The molecule has 4 nitrogen and oxygen atoms in total. The summed E-state index contributed by atoms with van der Waals surface area (Å²) >= 11 is 3.23. The van der Waals surface area contributed by atoms with Gasteiger partial charge in [-0.15, -0.1) is 0 Å². The van der Waals surface area contributed by atoms with Crippen molar-refractivity contribution < 1.29 is 9.18 Å². The number of hydrogen-bond donors (Lipinski definition) is 1. The van der Waals surface area contributed by atoms with Crippen LogP contribution in [0, 0.1) is 5.82 Å². The second-order valence-electron chi connectivity index (χ2n) is 5.04. The molecular formula is C14H19BrFN3O. The Morgan fingerprint density at radius 3 is 2.80 bits per heavy atom. The molecule has 1 aromatic carbocycles. The van der Waals surface area contributed by atoms with Gasteiger partial charge in [0.15, 0.2) is 0 Å². The molecule has 0 spiro atoms. The topological polar surface area (TPSA) is 35.6 Å². The molecule has 0 bridgehead atoms. The molecule has 1 N–H and O–H groups in total. The van der Waals surface area contributed by atoms with Crippen LogP contribution >= 0.6 is 15.9 Å². The predicted molar refractivity (Wildman–Crippen MR) is 79.9 cm³/mol. The summed E-state index contributed by atoms with van der Waals surface area (Å²) in [7, 11) is 1.83. The van der Waals surface area contributed by atoms with Crippen LogP contribution in [0.15, 0.2) is 22.7 Å². The first-order chi connectivity index (χ1) is 9.56. The average molecular weight is 344 g/mol. The fraction of sp³-hybridized carbons (Fsp3) is 0.500. The lowest BCUT2D eigenvalue weighted by Gasteiger charge is -2.29. The largest absolute Gasteiger partial charge is 0.339 e. The third-order valence-corrected chi connectivity index (χ3v) is 3.82. The van der Waals surface area contributed by atoms with Crippen LogP contribution in [0.3, 0.4) is 0 Å². The van der Waals surface area contributed by atoms with E-state index >= 15 is 0 Å². The molecule has 1 aliphatic heterocycles. The maximum atomic E-state index is 13.7. The molecule has 0 aromatic heterocycles. The second kappa shape index (κ2) is 7.15. The van der Waals surface area contributed by atoms with E-state index in [9.17, 15) is 9.18 Å². The van der Waals surface area contributed by atoms with Crippen LogP contribution < -0.4 is 5.32 Å². The summed E-state index contributed by atoms with van der Waals surface area (Å²) in [6, 6.07) is 5.00. The van der Waals surface area contributed by atoms with E-state index in [0.717, 1.165) is 30.7 Å². The highest BCUT2D eigenvalue weighted by Gasteiger charge is 2.18. The van der Waals surface area contributed by atoms with Gasteiger partial charge in [-0.1, -0.05) is 22.0 Å². The number of benzene rings is 1. The molecule has 0 unspecified atom stereocenters. The van der Waals surface area contributed by atoms with Crippen LogP contribution in [0.5, 0.6) is 0 Å². The standard InChI is InChI=1S/C14H19BrFN3O/c1-18(9-11-2-3-12(15)8-13(11)16)10-14(20)19-6-4-17-5-7-19/h2-3,8,17H,4-7,9-10H2,1H3. The van der Waals surface area contributed by atoms with E-state index in [0.29, 0.717) is 18.7 Å². The third-order valence-electron chi connectivity index (χ3n) is 3.33. The number of carbonyl (C=O) groups is 1. The van der Waals surface area contributed by atoms with Gasteiger partial charge in [0, 0.05) is 42.8 Å². The lowest BCUT2D eigenvalue weighted by atomic mass is 10.2. The molecule has 1 aromatic rings. The Hall–Kier alpha value is -0.980. The maximum Gasteiger partial charge on any atom is 0.236 e. The summed E-state index contributed by atoms with van der Waals surface area (Å²) in [5.74, 6) is -0.146. The maximum absolute atomic E-state index is 13.7. The molecule has 0 radical (unpaired) electrons. The van der Waals surface area contributed by atoms with Gasteiger partial charge < -0.3 is 10.2 Å². The van der Waals surface area contributed by atoms with Gasteiger partial charge in [-0.3, -0.25) is 9.69 Å². The van der Waals surface area contributed by atoms with Crippen LogP contribution in [0.25, 0.3) is 0 Å². The number of rotatable bonds is 4. The average Bonchev–Trinajstić information content (AvgIpc) is 2.43. The van der Waals surface area contributed by atoms with Crippen LogP contribution in [0.2, 0.25) is 0 Å². The molecule has 110 valence electrons. The number of halogens is 2.